The minimum Gasteiger partial charge on any atom is -0.0729 e. The fourth-order valence-corrected chi connectivity index (χ4v) is 2.94. The van der Waals surface area contributed by atoms with Gasteiger partial charge in [-0.15, -0.1) is 0 Å². The van der Waals surface area contributed by atoms with Gasteiger partial charge < -0.3 is 0 Å². The summed E-state index contributed by atoms with van der Waals surface area (Å²) < 4.78 is 0. The SMILES string of the molecule is CC1=CC=C(C#CC2=CC=C(C(C)CCC(C)C)CC2)CC1. The molecule has 0 heterocycles. The Morgan fingerprint density at radius 1 is 0.818 bits per heavy atom. The Kier molecular flexibility index (Phi) is 6.32. The maximum Gasteiger partial charge on any atom is 0.00271 e. The third-order valence-corrected chi connectivity index (χ3v) is 4.73. The van der Waals surface area contributed by atoms with Crippen molar-refractivity contribution in [2.75, 3.05) is 0 Å². The third-order valence-electron chi connectivity index (χ3n) is 4.73. The number of hydrogen-bond donors (Lipinski definition) is 0. The van der Waals surface area contributed by atoms with E-state index in [2.05, 4.69) is 63.8 Å². The summed E-state index contributed by atoms with van der Waals surface area (Å²) in [5, 5.41) is 0. The van der Waals surface area contributed by atoms with Crippen LogP contribution >= 0.6 is 0 Å². The molecule has 2 aliphatic rings. The number of hydrogen-bond acceptors (Lipinski definition) is 0. The highest BCUT2D eigenvalue weighted by atomic mass is 14.2. The average molecular weight is 294 g/mol. The first kappa shape index (κ1) is 16.9. The lowest BCUT2D eigenvalue weighted by Gasteiger charge is -2.19. The van der Waals surface area contributed by atoms with Crippen molar-refractivity contribution >= 4 is 0 Å². The summed E-state index contributed by atoms with van der Waals surface area (Å²) in [4.78, 5) is 0. The summed E-state index contributed by atoms with van der Waals surface area (Å²) in [5.74, 6) is 8.28. The standard InChI is InChI=1S/C22H30/c1-17(2)5-8-19(4)22-15-13-21(14-16-22)12-11-20-9-6-18(3)7-10-20/h6,9,13,15,17,19H,5,7-8,10,14,16H2,1-4H3. The predicted octanol–water partition coefficient (Wildman–Crippen LogP) is 6.38. The Balaban J connectivity index is 1.93. The monoisotopic (exact) mass is 294 g/mol. The van der Waals surface area contributed by atoms with E-state index in [0.717, 1.165) is 31.1 Å². The molecule has 0 bridgehead atoms. The van der Waals surface area contributed by atoms with E-state index in [1.807, 2.05) is 0 Å². The molecule has 2 rings (SSSR count). The van der Waals surface area contributed by atoms with Crippen LogP contribution < -0.4 is 0 Å². The molecule has 0 saturated heterocycles. The van der Waals surface area contributed by atoms with E-state index in [9.17, 15) is 0 Å². The highest BCUT2D eigenvalue weighted by Crippen LogP contribution is 2.28. The van der Waals surface area contributed by atoms with Gasteiger partial charge in [0.25, 0.3) is 0 Å². The summed E-state index contributed by atoms with van der Waals surface area (Å²) in [7, 11) is 0. The van der Waals surface area contributed by atoms with Crippen LogP contribution in [0.4, 0.5) is 0 Å². The second-order valence-corrected chi connectivity index (χ2v) is 7.26. The van der Waals surface area contributed by atoms with Crippen molar-refractivity contribution in [3.05, 3.63) is 46.6 Å². The van der Waals surface area contributed by atoms with Crippen LogP contribution in [0.1, 0.15) is 66.2 Å². The molecule has 0 saturated carbocycles. The van der Waals surface area contributed by atoms with E-state index < -0.39 is 0 Å². The van der Waals surface area contributed by atoms with Gasteiger partial charge in [-0.3, -0.25) is 0 Å². The van der Waals surface area contributed by atoms with Crippen LogP contribution in [0.25, 0.3) is 0 Å². The molecule has 118 valence electrons. The zero-order valence-electron chi connectivity index (χ0n) is 14.7. The van der Waals surface area contributed by atoms with Gasteiger partial charge in [0.2, 0.25) is 0 Å². The van der Waals surface area contributed by atoms with E-state index in [0.29, 0.717) is 0 Å². The lowest BCUT2D eigenvalue weighted by atomic mass is 9.86. The molecule has 1 atom stereocenters. The fraction of sp³-hybridized carbons (Fsp3) is 0.545. The Bertz CT molecular complexity index is 567. The molecule has 0 heteroatoms. The summed E-state index contributed by atoms with van der Waals surface area (Å²) in [6.07, 6.45) is 16.2. The van der Waals surface area contributed by atoms with Gasteiger partial charge in [-0.05, 0) is 50.9 Å². The summed E-state index contributed by atoms with van der Waals surface area (Å²) >= 11 is 0. The zero-order valence-corrected chi connectivity index (χ0v) is 14.7. The first-order chi connectivity index (χ1) is 10.5. The smallest absolute Gasteiger partial charge is 0.00271 e. The molecule has 0 aromatic heterocycles. The quantitative estimate of drug-likeness (QED) is 0.528. The Morgan fingerprint density at radius 2 is 1.45 bits per heavy atom. The molecular formula is C22H30. The second-order valence-electron chi connectivity index (χ2n) is 7.26. The lowest BCUT2D eigenvalue weighted by Crippen LogP contribution is -2.04. The first-order valence-electron chi connectivity index (χ1n) is 8.82. The molecule has 1 unspecified atom stereocenters. The van der Waals surface area contributed by atoms with Crippen LogP contribution in [0.5, 0.6) is 0 Å². The second kappa shape index (κ2) is 8.23. The van der Waals surface area contributed by atoms with Gasteiger partial charge in [-0.25, -0.2) is 0 Å². The van der Waals surface area contributed by atoms with Crippen molar-refractivity contribution < 1.29 is 0 Å². The van der Waals surface area contributed by atoms with Crippen LogP contribution in [0, 0.1) is 23.7 Å². The van der Waals surface area contributed by atoms with E-state index >= 15 is 0 Å². The molecule has 0 radical (unpaired) electrons. The Hall–Kier alpha value is -1.48. The van der Waals surface area contributed by atoms with Crippen LogP contribution in [-0.4, -0.2) is 0 Å². The van der Waals surface area contributed by atoms with Crippen molar-refractivity contribution in [1.29, 1.82) is 0 Å². The van der Waals surface area contributed by atoms with Crippen molar-refractivity contribution in [2.24, 2.45) is 11.8 Å². The van der Waals surface area contributed by atoms with Crippen molar-refractivity contribution in [1.82, 2.24) is 0 Å². The molecule has 0 amide bonds. The van der Waals surface area contributed by atoms with Crippen molar-refractivity contribution in [3.63, 3.8) is 0 Å². The van der Waals surface area contributed by atoms with E-state index in [1.54, 1.807) is 5.57 Å². The van der Waals surface area contributed by atoms with Crippen LogP contribution in [-0.2, 0) is 0 Å². The summed E-state index contributed by atoms with van der Waals surface area (Å²) in [5.41, 5.74) is 5.66. The highest BCUT2D eigenvalue weighted by Gasteiger charge is 2.12. The normalized spacial score (nSPS) is 19.5. The van der Waals surface area contributed by atoms with Crippen LogP contribution in [0.3, 0.4) is 0 Å². The average Bonchev–Trinajstić information content (AvgIpc) is 2.52. The third kappa shape index (κ3) is 5.38. The lowest BCUT2D eigenvalue weighted by molar-refractivity contribution is 0.480. The van der Waals surface area contributed by atoms with E-state index in [1.165, 1.54) is 36.0 Å². The van der Waals surface area contributed by atoms with Crippen LogP contribution in [0.2, 0.25) is 0 Å². The first-order valence-corrected chi connectivity index (χ1v) is 8.82. The predicted molar refractivity (Wildman–Crippen MR) is 97.5 cm³/mol. The van der Waals surface area contributed by atoms with Gasteiger partial charge in [0.1, 0.15) is 0 Å². The van der Waals surface area contributed by atoms with Crippen LogP contribution in [0.15, 0.2) is 46.6 Å². The Morgan fingerprint density at radius 3 is 1.95 bits per heavy atom. The number of allylic oxidation sites excluding steroid dienone is 8. The topological polar surface area (TPSA) is 0 Å². The van der Waals surface area contributed by atoms with E-state index in [4.69, 9.17) is 0 Å². The Labute approximate surface area is 137 Å². The number of rotatable bonds is 4. The van der Waals surface area contributed by atoms with Gasteiger partial charge >= 0.3 is 0 Å². The highest BCUT2D eigenvalue weighted by molar-refractivity contribution is 5.44. The van der Waals surface area contributed by atoms with E-state index in [-0.39, 0.29) is 0 Å². The summed E-state index contributed by atoms with van der Waals surface area (Å²) in [6, 6.07) is 0. The molecule has 0 aliphatic heterocycles. The van der Waals surface area contributed by atoms with Crippen molar-refractivity contribution in [2.45, 2.75) is 66.2 Å². The molecule has 2 aliphatic carbocycles. The minimum atomic E-state index is 0.724. The van der Waals surface area contributed by atoms with Gasteiger partial charge in [-0.1, -0.05) is 74.5 Å². The molecule has 0 nitrogen and oxygen atoms in total. The fourth-order valence-electron chi connectivity index (χ4n) is 2.94. The largest absolute Gasteiger partial charge is 0.0729 e. The van der Waals surface area contributed by atoms with Gasteiger partial charge in [0.05, 0.1) is 0 Å². The summed E-state index contributed by atoms with van der Waals surface area (Å²) in [6.45, 7) is 9.19. The molecule has 0 N–H and O–H groups in total. The van der Waals surface area contributed by atoms with Gasteiger partial charge in [0.15, 0.2) is 0 Å². The molecule has 22 heavy (non-hydrogen) atoms. The molecular weight excluding hydrogens is 264 g/mol. The van der Waals surface area contributed by atoms with Crippen molar-refractivity contribution in [3.8, 4) is 11.8 Å². The minimum absolute atomic E-state index is 0.724. The molecule has 0 aromatic rings. The van der Waals surface area contributed by atoms with Gasteiger partial charge in [-0.2, -0.15) is 0 Å². The zero-order chi connectivity index (χ0) is 15.9. The molecule has 0 aromatic carbocycles. The molecule has 0 fully saturated rings. The molecule has 0 spiro atoms. The van der Waals surface area contributed by atoms with Gasteiger partial charge in [0, 0.05) is 11.1 Å². The maximum atomic E-state index is 3.38. The maximum absolute atomic E-state index is 3.38.